The first-order valence-electron chi connectivity index (χ1n) is 7.76. The van der Waals surface area contributed by atoms with Crippen LogP contribution in [0.25, 0.3) is 11.3 Å². The van der Waals surface area contributed by atoms with Gasteiger partial charge < -0.3 is 10.2 Å². The second kappa shape index (κ2) is 8.48. The number of nitrogens with one attached hydrogen (secondary N) is 1. The molecular formula is C17H10Cl3N5O4. The number of nitrogen functional groups attached to an aromatic ring is 1. The Balaban J connectivity index is 1.70. The van der Waals surface area contributed by atoms with E-state index in [-0.39, 0.29) is 32.3 Å². The highest BCUT2D eigenvalue weighted by atomic mass is 35.5. The van der Waals surface area contributed by atoms with Crippen LogP contribution >= 0.6 is 34.8 Å². The summed E-state index contributed by atoms with van der Waals surface area (Å²) in [5.41, 5.74) is 8.20. The van der Waals surface area contributed by atoms with Gasteiger partial charge in [0.15, 0.2) is 10.8 Å². The van der Waals surface area contributed by atoms with E-state index in [4.69, 9.17) is 45.0 Å². The molecule has 1 amide bonds. The highest BCUT2D eigenvalue weighted by Gasteiger charge is 2.19. The lowest BCUT2D eigenvalue weighted by Crippen LogP contribution is -2.20. The Bertz CT molecular complexity index is 1130. The molecule has 0 unspecified atom stereocenters. The van der Waals surface area contributed by atoms with Gasteiger partial charge in [-0.2, -0.15) is 5.10 Å². The van der Waals surface area contributed by atoms with E-state index in [0.717, 1.165) is 0 Å². The standard InChI is InChI=1S/C17H10Cl3N5O4/c18-12-14(21)13(19)16(20)23-15(12)17(26)24-22-7-10-5-6-11(29-10)8-1-3-9(4-2-8)25(27)28/h1-7H,(H2,21,23)(H,24,26)/b22-7-. The van der Waals surface area contributed by atoms with Crippen LogP contribution in [0.5, 0.6) is 0 Å². The van der Waals surface area contributed by atoms with Gasteiger partial charge in [-0.15, -0.1) is 0 Å². The summed E-state index contributed by atoms with van der Waals surface area (Å²) in [6.07, 6.45) is 1.25. The van der Waals surface area contributed by atoms with Crippen molar-refractivity contribution in [1.29, 1.82) is 0 Å². The van der Waals surface area contributed by atoms with Crippen LogP contribution in [0.1, 0.15) is 16.2 Å². The predicted molar refractivity (Wildman–Crippen MR) is 110 cm³/mol. The molecule has 2 heterocycles. The first-order valence-corrected chi connectivity index (χ1v) is 8.89. The number of aromatic nitrogens is 1. The number of hydrogen-bond acceptors (Lipinski definition) is 7. The number of carbonyl (C=O) groups is 1. The second-order valence-electron chi connectivity index (χ2n) is 5.50. The molecule has 3 rings (SSSR count). The Morgan fingerprint density at radius 1 is 1.17 bits per heavy atom. The van der Waals surface area contributed by atoms with Crippen molar-refractivity contribution in [1.82, 2.24) is 10.4 Å². The fourth-order valence-corrected chi connectivity index (χ4v) is 2.81. The van der Waals surface area contributed by atoms with Crippen molar-refractivity contribution in [3.05, 3.63) is 73.2 Å². The summed E-state index contributed by atoms with van der Waals surface area (Å²) in [6, 6.07) is 9.11. The Morgan fingerprint density at radius 2 is 1.86 bits per heavy atom. The van der Waals surface area contributed by atoms with Crippen molar-refractivity contribution in [2.75, 3.05) is 5.73 Å². The Labute approximate surface area is 178 Å². The van der Waals surface area contributed by atoms with E-state index >= 15 is 0 Å². The lowest BCUT2D eigenvalue weighted by atomic mass is 10.1. The van der Waals surface area contributed by atoms with Crippen molar-refractivity contribution in [2.45, 2.75) is 0 Å². The normalized spacial score (nSPS) is 11.0. The average Bonchev–Trinajstić information content (AvgIpc) is 3.18. The quantitative estimate of drug-likeness (QED) is 0.251. The Hall–Kier alpha value is -3.14. The second-order valence-corrected chi connectivity index (χ2v) is 6.61. The van der Waals surface area contributed by atoms with Crippen LogP contribution in [0.3, 0.4) is 0 Å². The minimum atomic E-state index is -0.751. The topological polar surface area (TPSA) is 137 Å². The monoisotopic (exact) mass is 453 g/mol. The number of nitro benzene ring substituents is 1. The molecule has 0 radical (unpaired) electrons. The van der Waals surface area contributed by atoms with Crippen molar-refractivity contribution in [3.8, 4) is 11.3 Å². The molecule has 3 aromatic rings. The highest BCUT2D eigenvalue weighted by molar-refractivity contribution is 6.46. The van der Waals surface area contributed by atoms with Gasteiger partial charge in [-0.05, 0) is 24.3 Å². The number of anilines is 1. The molecule has 0 atom stereocenters. The maximum absolute atomic E-state index is 12.2. The zero-order valence-electron chi connectivity index (χ0n) is 14.2. The number of hydrazone groups is 1. The number of carbonyl (C=O) groups excluding carboxylic acids is 1. The van der Waals surface area contributed by atoms with Crippen LogP contribution < -0.4 is 11.2 Å². The Morgan fingerprint density at radius 3 is 2.52 bits per heavy atom. The van der Waals surface area contributed by atoms with E-state index in [2.05, 4.69) is 15.5 Å². The summed E-state index contributed by atoms with van der Waals surface area (Å²) in [7, 11) is 0. The van der Waals surface area contributed by atoms with Crippen molar-refractivity contribution < 1.29 is 14.1 Å². The number of hydrogen-bond donors (Lipinski definition) is 2. The molecule has 29 heavy (non-hydrogen) atoms. The molecule has 0 aliphatic heterocycles. The van der Waals surface area contributed by atoms with Gasteiger partial charge in [0.2, 0.25) is 0 Å². The minimum absolute atomic E-state index is 0.0278. The molecular weight excluding hydrogens is 445 g/mol. The van der Waals surface area contributed by atoms with Crippen LogP contribution in [0.15, 0.2) is 45.9 Å². The maximum atomic E-state index is 12.2. The van der Waals surface area contributed by atoms with Crippen molar-refractivity contribution in [3.63, 3.8) is 0 Å². The molecule has 0 aliphatic rings. The average molecular weight is 455 g/mol. The van der Waals surface area contributed by atoms with E-state index in [9.17, 15) is 14.9 Å². The van der Waals surface area contributed by atoms with Gasteiger partial charge in [-0.1, -0.05) is 34.8 Å². The molecule has 2 aromatic heterocycles. The summed E-state index contributed by atoms with van der Waals surface area (Å²) in [5.74, 6) is 0.0414. The third-order valence-corrected chi connectivity index (χ3v) is 4.77. The molecule has 9 nitrogen and oxygen atoms in total. The third kappa shape index (κ3) is 4.48. The lowest BCUT2D eigenvalue weighted by molar-refractivity contribution is -0.384. The number of non-ortho nitro benzene ring substituents is 1. The van der Waals surface area contributed by atoms with Gasteiger partial charge >= 0.3 is 0 Å². The smallest absolute Gasteiger partial charge is 0.291 e. The van der Waals surface area contributed by atoms with E-state index < -0.39 is 10.8 Å². The van der Waals surface area contributed by atoms with Gasteiger partial charge in [-0.25, -0.2) is 10.4 Å². The number of amides is 1. The zero-order valence-corrected chi connectivity index (χ0v) is 16.5. The van der Waals surface area contributed by atoms with Crippen LogP contribution in [0, 0.1) is 10.1 Å². The molecule has 0 spiro atoms. The van der Waals surface area contributed by atoms with E-state index in [0.29, 0.717) is 17.1 Å². The number of halogens is 3. The van der Waals surface area contributed by atoms with Gasteiger partial charge in [0, 0.05) is 17.7 Å². The SMILES string of the molecule is Nc1c(Cl)c(Cl)nc(C(=O)N/N=C\c2ccc(-c3ccc([N+](=O)[O-])cc3)o2)c1Cl. The number of nitrogens with two attached hydrogens (primary N) is 1. The number of pyridine rings is 1. The van der Waals surface area contributed by atoms with Crippen molar-refractivity contribution >= 4 is 58.3 Å². The Kier molecular flexibility index (Phi) is 6.02. The van der Waals surface area contributed by atoms with Gasteiger partial charge in [0.1, 0.15) is 16.5 Å². The molecule has 1 aromatic carbocycles. The minimum Gasteiger partial charge on any atom is -0.455 e. The summed E-state index contributed by atoms with van der Waals surface area (Å²) >= 11 is 17.6. The first kappa shape index (κ1) is 20.6. The molecule has 148 valence electrons. The maximum Gasteiger partial charge on any atom is 0.291 e. The summed E-state index contributed by atoms with van der Waals surface area (Å²) in [5, 5.41) is 14.1. The zero-order chi connectivity index (χ0) is 21.1. The number of nitro groups is 1. The van der Waals surface area contributed by atoms with Crippen molar-refractivity contribution in [2.24, 2.45) is 5.10 Å². The van der Waals surface area contributed by atoms with E-state index in [1.165, 1.54) is 18.3 Å². The van der Waals surface area contributed by atoms with E-state index in [1.807, 2.05) is 0 Å². The van der Waals surface area contributed by atoms with Gasteiger partial charge in [-0.3, -0.25) is 14.9 Å². The van der Waals surface area contributed by atoms with Gasteiger partial charge in [0.05, 0.1) is 21.8 Å². The molecule has 0 saturated carbocycles. The number of nitrogens with zero attached hydrogens (tertiary/aromatic N) is 3. The fraction of sp³-hybridized carbons (Fsp3) is 0. The predicted octanol–water partition coefficient (Wildman–Crippen LogP) is 4.56. The fourth-order valence-electron chi connectivity index (χ4n) is 2.21. The molecule has 12 heteroatoms. The van der Waals surface area contributed by atoms with Crippen LogP contribution in [-0.2, 0) is 0 Å². The van der Waals surface area contributed by atoms with Crippen LogP contribution in [-0.4, -0.2) is 22.0 Å². The van der Waals surface area contributed by atoms with Crippen LogP contribution in [0.2, 0.25) is 15.2 Å². The summed E-state index contributed by atoms with van der Waals surface area (Å²) in [4.78, 5) is 26.2. The number of rotatable bonds is 5. The number of benzene rings is 1. The van der Waals surface area contributed by atoms with E-state index in [1.54, 1.807) is 24.3 Å². The third-order valence-electron chi connectivity index (χ3n) is 3.63. The summed E-state index contributed by atoms with van der Waals surface area (Å²) < 4.78 is 5.56. The van der Waals surface area contributed by atoms with Crippen LogP contribution in [0.4, 0.5) is 11.4 Å². The molecule has 3 N–H and O–H groups in total. The number of furan rings is 1. The molecule has 0 saturated heterocycles. The summed E-state index contributed by atoms with van der Waals surface area (Å²) in [6.45, 7) is 0. The molecule has 0 fully saturated rings. The molecule has 0 bridgehead atoms. The largest absolute Gasteiger partial charge is 0.455 e. The first-order chi connectivity index (χ1) is 13.8. The molecule has 0 aliphatic carbocycles. The van der Waals surface area contributed by atoms with Gasteiger partial charge in [0.25, 0.3) is 11.6 Å². The highest BCUT2D eigenvalue weighted by Crippen LogP contribution is 2.34. The lowest BCUT2D eigenvalue weighted by Gasteiger charge is -2.07.